The van der Waals surface area contributed by atoms with Gasteiger partial charge < -0.3 is 9.47 Å². The van der Waals surface area contributed by atoms with Gasteiger partial charge in [-0.1, -0.05) is 42.6 Å². The zero-order valence-corrected chi connectivity index (χ0v) is 16.2. The molecule has 1 aliphatic rings. The molecule has 0 spiro atoms. The van der Waals surface area contributed by atoms with Gasteiger partial charge in [0.15, 0.2) is 11.0 Å². The molecule has 25 heavy (non-hydrogen) atoms. The van der Waals surface area contributed by atoms with Crippen LogP contribution in [0.5, 0.6) is 0 Å². The molecular formula is C18H23ClN4OS. The van der Waals surface area contributed by atoms with Gasteiger partial charge in [-0.25, -0.2) is 0 Å². The van der Waals surface area contributed by atoms with Crippen LogP contribution in [0, 0.1) is 0 Å². The zero-order valence-electron chi connectivity index (χ0n) is 14.6. The van der Waals surface area contributed by atoms with Gasteiger partial charge in [0.2, 0.25) is 5.91 Å². The van der Waals surface area contributed by atoms with Crippen molar-refractivity contribution in [2.45, 2.75) is 43.3 Å². The molecule has 0 bridgehead atoms. The van der Waals surface area contributed by atoms with E-state index in [1.165, 1.54) is 31.0 Å². The van der Waals surface area contributed by atoms with Crippen LogP contribution in [0.1, 0.15) is 32.1 Å². The van der Waals surface area contributed by atoms with Gasteiger partial charge in [0, 0.05) is 30.7 Å². The Morgan fingerprint density at radius 1 is 1.24 bits per heavy atom. The molecule has 0 radical (unpaired) electrons. The van der Waals surface area contributed by atoms with Gasteiger partial charge in [0.05, 0.1) is 5.75 Å². The Kier molecular flexibility index (Phi) is 6.02. The third kappa shape index (κ3) is 4.36. The number of benzene rings is 1. The Balaban J connectivity index is 1.61. The predicted octanol–water partition coefficient (Wildman–Crippen LogP) is 4.02. The van der Waals surface area contributed by atoms with E-state index in [-0.39, 0.29) is 5.91 Å². The van der Waals surface area contributed by atoms with E-state index in [1.807, 2.05) is 47.8 Å². The van der Waals surface area contributed by atoms with Crippen LogP contribution in [0.25, 0.3) is 11.4 Å². The summed E-state index contributed by atoms with van der Waals surface area (Å²) in [4.78, 5) is 14.4. The molecule has 0 saturated heterocycles. The van der Waals surface area contributed by atoms with Gasteiger partial charge in [-0.15, -0.1) is 10.2 Å². The van der Waals surface area contributed by atoms with Gasteiger partial charge >= 0.3 is 0 Å². The highest BCUT2D eigenvalue weighted by molar-refractivity contribution is 7.99. The molecule has 7 heteroatoms. The number of carbonyl (C=O) groups excluding carboxylic acids is 1. The first-order valence-corrected chi connectivity index (χ1v) is 9.96. The number of thioether (sulfide) groups is 1. The lowest BCUT2D eigenvalue weighted by Gasteiger charge is -2.31. The summed E-state index contributed by atoms with van der Waals surface area (Å²) < 4.78 is 1.92. The second kappa shape index (κ2) is 8.23. The number of nitrogens with zero attached hydrogens (tertiary/aromatic N) is 4. The second-order valence-corrected chi connectivity index (χ2v) is 7.84. The summed E-state index contributed by atoms with van der Waals surface area (Å²) in [5, 5.41) is 9.92. The maximum Gasteiger partial charge on any atom is 0.233 e. The van der Waals surface area contributed by atoms with Gasteiger partial charge in [0.1, 0.15) is 0 Å². The standard InChI is InChI=1S/C18H23ClN4OS/c1-22(15-6-4-3-5-7-15)16(24)12-25-18-21-20-17(23(18)2)13-8-10-14(19)11-9-13/h8-11,15H,3-7,12H2,1-2H3. The minimum atomic E-state index is 0.160. The van der Waals surface area contributed by atoms with Crippen LogP contribution in [-0.4, -0.2) is 44.4 Å². The number of hydrogen-bond donors (Lipinski definition) is 0. The van der Waals surface area contributed by atoms with Gasteiger partial charge in [-0.2, -0.15) is 0 Å². The summed E-state index contributed by atoms with van der Waals surface area (Å²) in [6, 6.07) is 7.90. The van der Waals surface area contributed by atoms with Crippen molar-refractivity contribution in [1.82, 2.24) is 19.7 Å². The molecule has 1 aliphatic carbocycles. The van der Waals surface area contributed by atoms with Crippen molar-refractivity contribution in [2.24, 2.45) is 7.05 Å². The lowest BCUT2D eigenvalue weighted by Crippen LogP contribution is -2.39. The maximum absolute atomic E-state index is 12.5. The minimum Gasteiger partial charge on any atom is -0.342 e. The number of carbonyl (C=O) groups is 1. The molecule has 1 saturated carbocycles. The highest BCUT2D eigenvalue weighted by Gasteiger charge is 2.22. The average Bonchev–Trinajstić information content (AvgIpc) is 3.01. The number of aromatic nitrogens is 3. The second-order valence-electron chi connectivity index (χ2n) is 6.46. The number of hydrogen-bond acceptors (Lipinski definition) is 4. The molecule has 1 aromatic carbocycles. The van der Waals surface area contributed by atoms with Gasteiger partial charge in [0.25, 0.3) is 0 Å². The first-order chi connectivity index (χ1) is 12.1. The Morgan fingerprint density at radius 2 is 1.92 bits per heavy atom. The summed E-state index contributed by atoms with van der Waals surface area (Å²) in [7, 11) is 3.84. The molecule has 1 amide bonds. The molecule has 1 aromatic heterocycles. The molecular weight excluding hydrogens is 356 g/mol. The van der Waals surface area contributed by atoms with E-state index in [0.29, 0.717) is 16.8 Å². The zero-order chi connectivity index (χ0) is 17.8. The molecule has 1 fully saturated rings. The first-order valence-electron chi connectivity index (χ1n) is 8.60. The third-order valence-corrected chi connectivity index (χ3v) is 6.03. The van der Waals surface area contributed by atoms with Crippen molar-refractivity contribution in [2.75, 3.05) is 12.8 Å². The molecule has 3 rings (SSSR count). The molecule has 0 atom stereocenters. The number of amides is 1. The summed E-state index contributed by atoms with van der Waals surface area (Å²) in [6.07, 6.45) is 5.99. The van der Waals surface area contributed by atoms with E-state index < -0.39 is 0 Å². The highest BCUT2D eigenvalue weighted by atomic mass is 35.5. The largest absolute Gasteiger partial charge is 0.342 e. The number of rotatable bonds is 5. The fourth-order valence-corrected chi connectivity index (χ4v) is 4.15. The molecule has 0 N–H and O–H groups in total. The summed E-state index contributed by atoms with van der Waals surface area (Å²) in [6.45, 7) is 0. The van der Waals surface area contributed by atoms with E-state index in [2.05, 4.69) is 10.2 Å². The molecule has 1 heterocycles. The lowest BCUT2D eigenvalue weighted by atomic mass is 9.94. The topological polar surface area (TPSA) is 51.0 Å². The third-order valence-electron chi connectivity index (χ3n) is 4.78. The van der Waals surface area contributed by atoms with E-state index in [1.54, 1.807) is 0 Å². The Hall–Kier alpha value is -1.53. The SMILES string of the molecule is CN(C(=O)CSc1nnc(-c2ccc(Cl)cc2)n1C)C1CCCCC1. The van der Waals surface area contributed by atoms with Gasteiger partial charge in [-0.05, 0) is 37.1 Å². The van der Waals surface area contributed by atoms with Gasteiger partial charge in [-0.3, -0.25) is 4.79 Å². The van der Waals surface area contributed by atoms with Crippen molar-refractivity contribution in [1.29, 1.82) is 0 Å². The van der Waals surface area contributed by atoms with Crippen LogP contribution in [0.15, 0.2) is 29.4 Å². The van der Waals surface area contributed by atoms with Crippen LogP contribution < -0.4 is 0 Å². The predicted molar refractivity (Wildman–Crippen MR) is 102 cm³/mol. The monoisotopic (exact) mass is 378 g/mol. The van der Waals surface area contributed by atoms with Crippen molar-refractivity contribution < 1.29 is 4.79 Å². The normalized spacial score (nSPS) is 15.3. The Morgan fingerprint density at radius 3 is 2.60 bits per heavy atom. The van der Waals surface area contributed by atoms with Crippen LogP contribution in [-0.2, 0) is 11.8 Å². The number of halogens is 1. The minimum absolute atomic E-state index is 0.160. The molecule has 0 unspecified atom stereocenters. The van der Waals surface area contributed by atoms with Crippen LogP contribution in [0.4, 0.5) is 0 Å². The first kappa shape index (κ1) is 18.3. The van der Waals surface area contributed by atoms with Crippen molar-refractivity contribution in [3.63, 3.8) is 0 Å². The Bertz CT molecular complexity index is 725. The molecule has 0 aliphatic heterocycles. The summed E-state index contributed by atoms with van der Waals surface area (Å²) in [5.41, 5.74) is 0.955. The summed E-state index contributed by atoms with van der Waals surface area (Å²) >= 11 is 7.37. The van der Waals surface area contributed by atoms with Crippen LogP contribution in [0.2, 0.25) is 5.02 Å². The average molecular weight is 379 g/mol. The van der Waals surface area contributed by atoms with Crippen LogP contribution in [0.3, 0.4) is 0 Å². The Labute approximate surface area is 157 Å². The maximum atomic E-state index is 12.5. The molecule has 134 valence electrons. The summed E-state index contributed by atoms with van der Waals surface area (Å²) in [5.74, 6) is 1.32. The van der Waals surface area contributed by atoms with Crippen LogP contribution >= 0.6 is 23.4 Å². The fourth-order valence-electron chi connectivity index (χ4n) is 3.19. The molecule has 2 aromatic rings. The highest BCUT2D eigenvalue weighted by Crippen LogP contribution is 2.25. The van der Waals surface area contributed by atoms with Crippen molar-refractivity contribution >= 4 is 29.3 Å². The van der Waals surface area contributed by atoms with E-state index in [9.17, 15) is 4.79 Å². The molecule has 5 nitrogen and oxygen atoms in total. The van der Waals surface area contributed by atoms with Crippen molar-refractivity contribution in [3.05, 3.63) is 29.3 Å². The van der Waals surface area contributed by atoms with E-state index >= 15 is 0 Å². The lowest BCUT2D eigenvalue weighted by molar-refractivity contribution is -0.129. The van der Waals surface area contributed by atoms with Crippen molar-refractivity contribution in [3.8, 4) is 11.4 Å². The smallest absolute Gasteiger partial charge is 0.233 e. The van der Waals surface area contributed by atoms with E-state index in [4.69, 9.17) is 11.6 Å². The quantitative estimate of drug-likeness (QED) is 0.737. The fraction of sp³-hybridized carbons (Fsp3) is 0.500. The van der Waals surface area contributed by atoms with E-state index in [0.717, 1.165) is 29.4 Å².